The van der Waals surface area contributed by atoms with Gasteiger partial charge in [-0.2, -0.15) is 0 Å². The van der Waals surface area contributed by atoms with E-state index in [1.54, 1.807) is 0 Å². The monoisotopic (exact) mass is 421 g/mol. The van der Waals surface area contributed by atoms with E-state index in [9.17, 15) is 5.11 Å². The smallest absolute Gasteiger partial charge is 0.160 e. The number of aromatic hydroxyl groups is 1. The Hall–Kier alpha value is -3.01. The van der Waals surface area contributed by atoms with E-state index < -0.39 is 0 Å². The number of halogens is 2. The van der Waals surface area contributed by atoms with Crippen LogP contribution in [0.25, 0.3) is 23.1 Å². The average Bonchev–Trinajstić information content (AvgIpc) is 2.75. The van der Waals surface area contributed by atoms with Gasteiger partial charge in [0.2, 0.25) is 0 Å². The summed E-state index contributed by atoms with van der Waals surface area (Å²) in [4.78, 5) is 4.47. The van der Waals surface area contributed by atoms with Gasteiger partial charge in [-0.05, 0) is 47.5 Å². The van der Waals surface area contributed by atoms with Gasteiger partial charge in [0, 0.05) is 5.39 Å². The van der Waals surface area contributed by atoms with Gasteiger partial charge in [-0.3, -0.25) is 0 Å². The third-order valence-corrected chi connectivity index (χ3v) is 5.03. The number of aromatic nitrogens is 1. The van der Waals surface area contributed by atoms with Crippen molar-refractivity contribution in [2.45, 2.75) is 6.61 Å². The number of phenols is 1. The van der Waals surface area contributed by atoms with E-state index >= 15 is 0 Å². The summed E-state index contributed by atoms with van der Waals surface area (Å²) in [6, 6.07) is 23.0. The van der Waals surface area contributed by atoms with Crippen LogP contribution in [0, 0.1) is 0 Å². The number of nitrogens with zero attached hydrogens (tertiary/aromatic N) is 1. The van der Waals surface area contributed by atoms with E-state index in [4.69, 9.17) is 27.9 Å². The second-order valence-electron chi connectivity index (χ2n) is 6.50. The Balaban J connectivity index is 1.54. The number of rotatable bonds is 5. The highest BCUT2D eigenvalue weighted by Gasteiger charge is 2.10. The Morgan fingerprint density at radius 2 is 1.69 bits per heavy atom. The van der Waals surface area contributed by atoms with Crippen molar-refractivity contribution in [3.8, 4) is 11.5 Å². The molecule has 1 heterocycles. The van der Waals surface area contributed by atoms with E-state index in [1.165, 1.54) is 6.07 Å². The third kappa shape index (κ3) is 4.53. The lowest BCUT2D eigenvalue weighted by Gasteiger charge is -2.07. The normalized spacial score (nSPS) is 11.2. The molecule has 3 aromatic carbocycles. The summed E-state index contributed by atoms with van der Waals surface area (Å²) in [6.45, 7) is 0.515. The van der Waals surface area contributed by atoms with Crippen LogP contribution in [0.2, 0.25) is 10.0 Å². The fourth-order valence-corrected chi connectivity index (χ4v) is 3.46. The lowest BCUT2D eigenvalue weighted by Crippen LogP contribution is -1.94. The van der Waals surface area contributed by atoms with Crippen molar-refractivity contribution in [2.24, 2.45) is 0 Å². The van der Waals surface area contributed by atoms with Crippen molar-refractivity contribution in [3.63, 3.8) is 0 Å². The fraction of sp³-hybridized carbons (Fsp3) is 0.0417. The SMILES string of the molecule is Oc1c(Cl)cc(Cl)c2ccc(C=Cc3cccc(OCc4ccccc4)c3)nc12. The second kappa shape index (κ2) is 8.56. The molecule has 0 bridgehead atoms. The summed E-state index contributed by atoms with van der Waals surface area (Å²) < 4.78 is 5.87. The number of fused-ring (bicyclic) bond motifs is 1. The summed E-state index contributed by atoms with van der Waals surface area (Å²) >= 11 is 12.2. The molecule has 0 aliphatic carbocycles. The van der Waals surface area contributed by atoms with Crippen LogP contribution in [0.15, 0.2) is 72.8 Å². The molecule has 144 valence electrons. The van der Waals surface area contributed by atoms with Gasteiger partial charge in [0.25, 0.3) is 0 Å². The van der Waals surface area contributed by atoms with Crippen LogP contribution in [-0.4, -0.2) is 10.1 Å². The molecule has 3 nitrogen and oxygen atoms in total. The van der Waals surface area contributed by atoms with Gasteiger partial charge in [-0.25, -0.2) is 4.98 Å². The van der Waals surface area contributed by atoms with Crippen LogP contribution < -0.4 is 4.74 Å². The van der Waals surface area contributed by atoms with Crippen molar-refractivity contribution in [3.05, 3.63) is 99.7 Å². The lowest BCUT2D eigenvalue weighted by atomic mass is 10.1. The molecule has 29 heavy (non-hydrogen) atoms. The third-order valence-electron chi connectivity index (χ3n) is 4.43. The van der Waals surface area contributed by atoms with Gasteiger partial charge in [-0.15, -0.1) is 0 Å². The lowest BCUT2D eigenvalue weighted by molar-refractivity contribution is 0.306. The molecule has 0 spiro atoms. The Labute approximate surface area is 178 Å². The summed E-state index contributed by atoms with van der Waals surface area (Å²) in [6.07, 6.45) is 3.80. The van der Waals surface area contributed by atoms with Gasteiger partial charge in [0.15, 0.2) is 5.75 Å². The number of hydrogen-bond acceptors (Lipinski definition) is 3. The first-order valence-corrected chi connectivity index (χ1v) is 9.78. The van der Waals surface area contributed by atoms with Gasteiger partial charge in [-0.1, -0.05) is 71.7 Å². The standard InChI is InChI=1S/C24H17Cl2NO2/c25-21-14-22(26)24(28)23-20(21)12-11-18(27-23)10-9-16-7-4-8-19(13-16)29-15-17-5-2-1-3-6-17/h1-14,28H,15H2. The average molecular weight is 422 g/mol. The highest BCUT2D eigenvalue weighted by molar-refractivity contribution is 6.39. The molecule has 0 aliphatic heterocycles. The van der Waals surface area contributed by atoms with Gasteiger partial charge in [0.05, 0.1) is 15.7 Å². The quantitative estimate of drug-likeness (QED) is 0.377. The Morgan fingerprint density at radius 3 is 2.52 bits per heavy atom. The van der Waals surface area contributed by atoms with Crippen LogP contribution in [0.5, 0.6) is 11.5 Å². The Bertz CT molecular complexity index is 1190. The summed E-state index contributed by atoms with van der Waals surface area (Å²) in [5, 5.41) is 11.5. The van der Waals surface area contributed by atoms with Crippen molar-refractivity contribution < 1.29 is 9.84 Å². The zero-order chi connectivity index (χ0) is 20.2. The van der Waals surface area contributed by atoms with Crippen molar-refractivity contribution in [2.75, 3.05) is 0 Å². The highest BCUT2D eigenvalue weighted by atomic mass is 35.5. The number of hydrogen-bond donors (Lipinski definition) is 1. The van der Waals surface area contributed by atoms with E-state index in [-0.39, 0.29) is 10.8 Å². The van der Waals surface area contributed by atoms with Gasteiger partial charge < -0.3 is 9.84 Å². The summed E-state index contributed by atoms with van der Waals surface area (Å²) in [7, 11) is 0. The maximum atomic E-state index is 10.2. The zero-order valence-electron chi connectivity index (χ0n) is 15.3. The molecule has 0 fully saturated rings. The second-order valence-corrected chi connectivity index (χ2v) is 7.32. The largest absolute Gasteiger partial charge is 0.504 e. The van der Waals surface area contributed by atoms with Crippen molar-refractivity contribution >= 4 is 46.3 Å². The minimum absolute atomic E-state index is 0.0716. The Kier molecular flexibility index (Phi) is 5.70. The molecule has 4 rings (SSSR count). The summed E-state index contributed by atoms with van der Waals surface area (Å²) in [5.41, 5.74) is 3.16. The molecule has 4 aromatic rings. The number of phenolic OH excluding ortho intramolecular Hbond substituents is 1. The molecule has 0 saturated heterocycles. The van der Waals surface area contributed by atoms with Gasteiger partial charge in [0.1, 0.15) is 17.9 Å². The molecule has 1 aromatic heterocycles. The maximum Gasteiger partial charge on any atom is 0.160 e. The first-order chi connectivity index (χ1) is 14.1. The van der Waals surface area contributed by atoms with Crippen LogP contribution in [0.4, 0.5) is 0 Å². The fourth-order valence-electron chi connectivity index (χ4n) is 2.94. The number of benzene rings is 3. The molecule has 5 heteroatoms. The van der Waals surface area contributed by atoms with Crippen LogP contribution >= 0.6 is 23.2 Å². The first kappa shape index (κ1) is 19.3. The van der Waals surface area contributed by atoms with Gasteiger partial charge >= 0.3 is 0 Å². The molecule has 0 atom stereocenters. The van der Waals surface area contributed by atoms with Crippen LogP contribution in [-0.2, 0) is 6.61 Å². The van der Waals surface area contributed by atoms with Crippen molar-refractivity contribution in [1.29, 1.82) is 0 Å². The van der Waals surface area contributed by atoms with E-state index in [0.29, 0.717) is 28.2 Å². The number of ether oxygens (including phenoxy) is 1. The molecular formula is C24H17Cl2NO2. The maximum absolute atomic E-state index is 10.2. The van der Waals surface area contributed by atoms with Crippen LogP contribution in [0.1, 0.15) is 16.8 Å². The Morgan fingerprint density at radius 1 is 0.862 bits per heavy atom. The first-order valence-electron chi connectivity index (χ1n) is 9.03. The highest BCUT2D eigenvalue weighted by Crippen LogP contribution is 2.36. The van der Waals surface area contributed by atoms with E-state index in [0.717, 1.165) is 16.9 Å². The molecule has 0 unspecified atom stereocenters. The summed E-state index contributed by atoms with van der Waals surface area (Å²) in [5.74, 6) is 0.719. The number of pyridine rings is 1. The molecular weight excluding hydrogens is 405 g/mol. The van der Waals surface area contributed by atoms with Crippen LogP contribution in [0.3, 0.4) is 0 Å². The molecule has 0 amide bonds. The predicted octanol–water partition coefficient (Wildman–Crippen LogP) is 7.00. The van der Waals surface area contributed by atoms with E-state index in [2.05, 4.69) is 4.98 Å². The minimum atomic E-state index is -0.0716. The minimum Gasteiger partial charge on any atom is -0.504 e. The van der Waals surface area contributed by atoms with E-state index in [1.807, 2.05) is 78.9 Å². The topological polar surface area (TPSA) is 42.4 Å². The molecule has 0 saturated carbocycles. The zero-order valence-corrected chi connectivity index (χ0v) is 16.9. The molecule has 1 N–H and O–H groups in total. The predicted molar refractivity (Wildman–Crippen MR) is 120 cm³/mol. The van der Waals surface area contributed by atoms with Crippen molar-refractivity contribution in [1.82, 2.24) is 4.98 Å². The molecule has 0 radical (unpaired) electrons. The molecule has 0 aliphatic rings.